The first-order valence-corrected chi connectivity index (χ1v) is 10.2. The number of likely N-dealkylation sites (tertiary alicyclic amines) is 1. The molecule has 3 rings (SSSR count). The van der Waals surface area contributed by atoms with Crippen molar-refractivity contribution in [2.45, 2.75) is 26.4 Å². The Bertz CT molecular complexity index is 591. The molecular formula is C21H35IN4O2. The minimum absolute atomic E-state index is 0. The molecular weight excluding hydrogens is 467 g/mol. The summed E-state index contributed by atoms with van der Waals surface area (Å²) in [5, 5.41) is 3.44. The van der Waals surface area contributed by atoms with Crippen LogP contribution in [0.5, 0.6) is 0 Å². The Hall–Kier alpha value is -0.900. The number of aliphatic imine (C=N–C) groups is 1. The van der Waals surface area contributed by atoms with Crippen molar-refractivity contribution in [3.63, 3.8) is 0 Å². The molecule has 7 heteroatoms. The van der Waals surface area contributed by atoms with Crippen LogP contribution in [-0.2, 0) is 22.6 Å². The number of hydrogen-bond donors (Lipinski definition) is 1. The highest BCUT2D eigenvalue weighted by Crippen LogP contribution is 2.17. The second kappa shape index (κ2) is 12.6. The first kappa shape index (κ1) is 23.4. The third-order valence-corrected chi connectivity index (χ3v) is 5.27. The zero-order chi connectivity index (χ0) is 18.9. The van der Waals surface area contributed by atoms with E-state index in [1.807, 2.05) is 0 Å². The van der Waals surface area contributed by atoms with Crippen LogP contribution in [0.15, 0.2) is 29.3 Å². The summed E-state index contributed by atoms with van der Waals surface area (Å²) in [6, 6.07) is 8.89. The van der Waals surface area contributed by atoms with E-state index in [0.717, 1.165) is 65.0 Å². The highest BCUT2D eigenvalue weighted by molar-refractivity contribution is 14.0. The molecule has 0 spiro atoms. The third-order valence-electron chi connectivity index (χ3n) is 5.27. The van der Waals surface area contributed by atoms with Crippen LogP contribution < -0.4 is 5.32 Å². The van der Waals surface area contributed by atoms with E-state index in [-0.39, 0.29) is 24.0 Å². The lowest BCUT2D eigenvalue weighted by Crippen LogP contribution is -2.40. The summed E-state index contributed by atoms with van der Waals surface area (Å²) >= 11 is 0. The average Bonchev–Trinajstić information content (AvgIpc) is 3.16. The topological polar surface area (TPSA) is 49.3 Å². The summed E-state index contributed by atoms with van der Waals surface area (Å²) in [5.41, 5.74) is 2.61. The van der Waals surface area contributed by atoms with Crippen LogP contribution in [0.3, 0.4) is 0 Å². The van der Waals surface area contributed by atoms with Crippen LogP contribution >= 0.6 is 24.0 Å². The molecule has 2 fully saturated rings. The molecule has 0 bridgehead atoms. The number of nitrogens with zero attached hydrogens (tertiary/aromatic N) is 3. The Morgan fingerprint density at radius 3 is 2.57 bits per heavy atom. The number of guanidine groups is 1. The van der Waals surface area contributed by atoms with Crippen LogP contribution in [0.4, 0.5) is 0 Å². The summed E-state index contributed by atoms with van der Waals surface area (Å²) in [5.74, 6) is 1.63. The average molecular weight is 502 g/mol. The molecule has 1 atom stereocenters. The lowest BCUT2D eigenvalue weighted by atomic mass is 10.1. The summed E-state index contributed by atoms with van der Waals surface area (Å²) in [4.78, 5) is 9.68. The molecule has 0 aromatic heterocycles. The van der Waals surface area contributed by atoms with Crippen molar-refractivity contribution in [1.82, 2.24) is 15.1 Å². The summed E-state index contributed by atoms with van der Waals surface area (Å²) in [6.45, 7) is 11.4. The molecule has 28 heavy (non-hydrogen) atoms. The van der Waals surface area contributed by atoms with E-state index in [1.165, 1.54) is 17.5 Å². The predicted molar refractivity (Wildman–Crippen MR) is 124 cm³/mol. The monoisotopic (exact) mass is 502 g/mol. The number of morpholine rings is 1. The van der Waals surface area contributed by atoms with Gasteiger partial charge in [0.25, 0.3) is 0 Å². The van der Waals surface area contributed by atoms with Crippen LogP contribution in [0, 0.1) is 5.92 Å². The molecule has 6 nitrogen and oxygen atoms in total. The van der Waals surface area contributed by atoms with Crippen molar-refractivity contribution in [3.05, 3.63) is 35.4 Å². The standard InChI is InChI=1S/C21H34N4O2.HI/c1-3-22-21(25-9-8-20(16-25)17-26-2)23-14-18-4-6-19(7-5-18)15-24-10-12-27-13-11-24;/h4-7,20H,3,8-17H2,1-2H3,(H,22,23);1H. The van der Waals surface area contributed by atoms with Crippen molar-refractivity contribution in [2.75, 3.05) is 59.7 Å². The minimum atomic E-state index is 0. The summed E-state index contributed by atoms with van der Waals surface area (Å²) in [6.07, 6.45) is 1.18. The number of rotatable bonds is 7. The van der Waals surface area contributed by atoms with E-state index in [9.17, 15) is 0 Å². The van der Waals surface area contributed by atoms with Crippen molar-refractivity contribution in [2.24, 2.45) is 10.9 Å². The summed E-state index contributed by atoms with van der Waals surface area (Å²) in [7, 11) is 1.78. The van der Waals surface area contributed by atoms with Crippen molar-refractivity contribution < 1.29 is 9.47 Å². The van der Waals surface area contributed by atoms with Crippen molar-refractivity contribution >= 4 is 29.9 Å². The molecule has 2 saturated heterocycles. The lowest BCUT2D eigenvalue weighted by molar-refractivity contribution is 0.0342. The van der Waals surface area contributed by atoms with Gasteiger partial charge in [0.1, 0.15) is 0 Å². The molecule has 2 aliphatic rings. The van der Waals surface area contributed by atoms with Crippen molar-refractivity contribution in [1.29, 1.82) is 0 Å². The summed E-state index contributed by atoms with van der Waals surface area (Å²) < 4.78 is 10.7. The first-order chi connectivity index (χ1) is 13.3. The van der Waals surface area contributed by atoms with E-state index in [0.29, 0.717) is 12.5 Å². The quantitative estimate of drug-likeness (QED) is 0.353. The number of hydrogen-bond acceptors (Lipinski definition) is 4. The van der Waals surface area contributed by atoms with E-state index in [2.05, 4.69) is 46.3 Å². The fraction of sp³-hybridized carbons (Fsp3) is 0.667. The minimum Gasteiger partial charge on any atom is -0.384 e. The molecule has 2 heterocycles. The fourth-order valence-electron chi connectivity index (χ4n) is 3.76. The second-order valence-corrected chi connectivity index (χ2v) is 7.43. The highest BCUT2D eigenvalue weighted by Gasteiger charge is 2.24. The highest BCUT2D eigenvalue weighted by atomic mass is 127. The van der Waals surface area contributed by atoms with Gasteiger partial charge in [0.05, 0.1) is 26.4 Å². The number of nitrogens with one attached hydrogen (secondary N) is 1. The molecule has 1 N–H and O–H groups in total. The van der Waals surface area contributed by atoms with Crippen LogP contribution in [0.25, 0.3) is 0 Å². The number of ether oxygens (including phenoxy) is 2. The van der Waals surface area contributed by atoms with Crippen molar-refractivity contribution in [3.8, 4) is 0 Å². The van der Waals surface area contributed by atoms with Gasteiger partial charge in [-0.15, -0.1) is 24.0 Å². The molecule has 0 aliphatic carbocycles. The SMILES string of the molecule is CCNC(=NCc1ccc(CN2CCOCC2)cc1)N1CCC(COC)C1.I. The number of benzene rings is 1. The zero-order valence-corrected chi connectivity index (χ0v) is 19.6. The molecule has 0 saturated carbocycles. The fourth-order valence-corrected chi connectivity index (χ4v) is 3.76. The Morgan fingerprint density at radius 1 is 1.18 bits per heavy atom. The smallest absolute Gasteiger partial charge is 0.194 e. The Morgan fingerprint density at radius 2 is 1.89 bits per heavy atom. The van der Waals surface area contributed by atoms with Gasteiger partial charge in [-0.2, -0.15) is 0 Å². The largest absolute Gasteiger partial charge is 0.384 e. The number of halogens is 1. The van der Waals surface area contributed by atoms with Gasteiger partial charge in [-0.1, -0.05) is 24.3 Å². The lowest BCUT2D eigenvalue weighted by Gasteiger charge is -2.26. The van der Waals surface area contributed by atoms with Gasteiger partial charge in [0, 0.05) is 52.3 Å². The van der Waals surface area contributed by atoms with Gasteiger partial charge in [-0.3, -0.25) is 4.90 Å². The van der Waals surface area contributed by atoms with Gasteiger partial charge in [0.15, 0.2) is 5.96 Å². The molecule has 1 aromatic carbocycles. The van der Waals surface area contributed by atoms with Crippen LogP contribution in [0.1, 0.15) is 24.5 Å². The van der Waals surface area contributed by atoms with Gasteiger partial charge in [-0.05, 0) is 24.5 Å². The van der Waals surface area contributed by atoms with Crippen LogP contribution in [0.2, 0.25) is 0 Å². The Labute approximate surface area is 186 Å². The molecule has 1 aromatic rings. The van der Waals surface area contributed by atoms with Gasteiger partial charge < -0.3 is 19.7 Å². The maximum absolute atomic E-state index is 5.42. The van der Waals surface area contributed by atoms with E-state index in [1.54, 1.807) is 7.11 Å². The molecule has 0 radical (unpaired) electrons. The second-order valence-electron chi connectivity index (χ2n) is 7.43. The maximum Gasteiger partial charge on any atom is 0.194 e. The van der Waals surface area contributed by atoms with E-state index < -0.39 is 0 Å². The maximum atomic E-state index is 5.42. The van der Waals surface area contributed by atoms with E-state index >= 15 is 0 Å². The third kappa shape index (κ3) is 7.17. The molecule has 158 valence electrons. The van der Waals surface area contributed by atoms with Gasteiger partial charge >= 0.3 is 0 Å². The molecule has 2 aliphatic heterocycles. The zero-order valence-electron chi connectivity index (χ0n) is 17.2. The van der Waals surface area contributed by atoms with E-state index in [4.69, 9.17) is 14.5 Å². The van der Waals surface area contributed by atoms with Gasteiger partial charge in [-0.25, -0.2) is 4.99 Å². The normalized spacial score (nSPS) is 20.9. The predicted octanol–water partition coefficient (Wildman–Crippen LogP) is 2.57. The number of methoxy groups -OCH3 is 1. The Balaban J connectivity index is 0.00000280. The molecule has 0 amide bonds. The van der Waals surface area contributed by atoms with Crippen LogP contribution in [-0.4, -0.2) is 75.4 Å². The molecule has 1 unspecified atom stereocenters. The first-order valence-electron chi connectivity index (χ1n) is 10.2. The van der Waals surface area contributed by atoms with Gasteiger partial charge in [0.2, 0.25) is 0 Å². The Kier molecular flexibility index (Phi) is 10.5.